The number of ether oxygens (including phenoxy) is 1. The van der Waals surface area contributed by atoms with Gasteiger partial charge in [0.25, 0.3) is 5.56 Å². The van der Waals surface area contributed by atoms with Gasteiger partial charge < -0.3 is 14.4 Å². The van der Waals surface area contributed by atoms with Crippen LogP contribution in [0.5, 0.6) is 5.75 Å². The molecule has 1 aromatic heterocycles. The summed E-state index contributed by atoms with van der Waals surface area (Å²) >= 11 is 0. The Morgan fingerprint density at radius 2 is 2.11 bits per heavy atom. The molecule has 0 spiro atoms. The lowest BCUT2D eigenvalue weighted by molar-refractivity contribution is 0.0693. The van der Waals surface area contributed by atoms with Crippen LogP contribution >= 0.6 is 0 Å². The number of aryl methyl sites for hydroxylation is 2. The summed E-state index contributed by atoms with van der Waals surface area (Å²) in [6.07, 6.45) is 0.474. The van der Waals surface area contributed by atoms with Crippen molar-refractivity contribution in [3.8, 4) is 5.75 Å². The minimum atomic E-state index is -1.19. The Bertz CT molecular complexity index is 715. The molecule has 0 unspecified atom stereocenters. The Balaban J connectivity index is 3.09. The number of para-hydroxylation sites is 1. The standard InChI is InChI=1S/C14H15NO4/c1-4-8-9-6-5-7-10(19-3)12(9)15(2)13(16)11(8)14(17)18/h5-7H,4H2,1-3H3,(H,17,18). The molecule has 0 atom stereocenters. The van der Waals surface area contributed by atoms with E-state index in [-0.39, 0.29) is 5.56 Å². The van der Waals surface area contributed by atoms with Crippen LogP contribution in [0.4, 0.5) is 0 Å². The molecule has 5 heteroatoms. The summed E-state index contributed by atoms with van der Waals surface area (Å²) in [5, 5.41) is 9.98. The zero-order chi connectivity index (χ0) is 14.2. The smallest absolute Gasteiger partial charge is 0.341 e. The predicted molar refractivity (Wildman–Crippen MR) is 72.1 cm³/mol. The molecule has 1 aromatic carbocycles. The molecule has 0 aliphatic carbocycles. The van der Waals surface area contributed by atoms with Crippen LogP contribution in [-0.4, -0.2) is 22.8 Å². The molecule has 0 saturated carbocycles. The van der Waals surface area contributed by atoms with Gasteiger partial charge in [0.05, 0.1) is 12.6 Å². The fourth-order valence-corrected chi connectivity index (χ4v) is 2.40. The molecule has 2 rings (SSSR count). The lowest BCUT2D eigenvalue weighted by Crippen LogP contribution is -2.27. The van der Waals surface area contributed by atoms with E-state index in [1.807, 2.05) is 13.0 Å². The normalized spacial score (nSPS) is 10.7. The van der Waals surface area contributed by atoms with Gasteiger partial charge in [-0.3, -0.25) is 4.79 Å². The number of pyridine rings is 1. The summed E-state index contributed by atoms with van der Waals surface area (Å²) in [6, 6.07) is 5.35. The molecule has 0 aliphatic heterocycles. The zero-order valence-corrected chi connectivity index (χ0v) is 11.1. The van der Waals surface area contributed by atoms with E-state index in [9.17, 15) is 14.7 Å². The zero-order valence-electron chi connectivity index (χ0n) is 11.1. The van der Waals surface area contributed by atoms with Crippen molar-refractivity contribution in [3.05, 3.63) is 39.7 Å². The molecular weight excluding hydrogens is 246 g/mol. The first-order valence-corrected chi connectivity index (χ1v) is 5.94. The topological polar surface area (TPSA) is 68.5 Å². The number of fused-ring (bicyclic) bond motifs is 1. The van der Waals surface area contributed by atoms with Crippen LogP contribution in [0.25, 0.3) is 10.9 Å². The highest BCUT2D eigenvalue weighted by atomic mass is 16.5. The van der Waals surface area contributed by atoms with E-state index in [2.05, 4.69) is 0 Å². The number of nitrogens with zero attached hydrogens (tertiary/aromatic N) is 1. The van der Waals surface area contributed by atoms with Crippen LogP contribution in [0, 0.1) is 0 Å². The van der Waals surface area contributed by atoms with Crippen molar-refractivity contribution in [2.75, 3.05) is 7.11 Å². The van der Waals surface area contributed by atoms with Gasteiger partial charge in [-0.05, 0) is 18.1 Å². The number of hydrogen-bond donors (Lipinski definition) is 1. The van der Waals surface area contributed by atoms with Crippen molar-refractivity contribution >= 4 is 16.9 Å². The third-order valence-corrected chi connectivity index (χ3v) is 3.27. The van der Waals surface area contributed by atoms with Crippen molar-refractivity contribution in [1.29, 1.82) is 0 Å². The van der Waals surface area contributed by atoms with Crippen molar-refractivity contribution in [3.63, 3.8) is 0 Å². The number of rotatable bonds is 3. The van der Waals surface area contributed by atoms with E-state index in [0.717, 1.165) is 5.39 Å². The minimum absolute atomic E-state index is 0.161. The number of aromatic carboxylic acids is 1. The van der Waals surface area contributed by atoms with Gasteiger partial charge in [0, 0.05) is 12.4 Å². The summed E-state index contributed by atoms with van der Waals surface area (Å²) < 4.78 is 6.59. The van der Waals surface area contributed by atoms with Crippen molar-refractivity contribution in [2.24, 2.45) is 7.05 Å². The first-order valence-electron chi connectivity index (χ1n) is 5.94. The van der Waals surface area contributed by atoms with Crippen LogP contribution in [-0.2, 0) is 13.5 Å². The highest BCUT2D eigenvalue weighted by molar-refractivity contribution is 5.97. The predicted octanol–water partition coefficient (Wildman–Crippen LogP) is 1.81. The SMILES string of the molecule is CCc1c(C(=O)O)c(=O)n(C)c2c(OC)cccc12. The van der Waals surface area contributed by atoms with Crippen molar-refractivity contribution in [1.82, 2.24) is 4.57 Å². The number of carboxylic acids is 1. The minimum Gasteiger partial charge on any atom is -0.495 e. The van der Waals surface area contributed by atoms with Gasteiger partial charge >= 0.3 is 5.97 Å². The molecule has 0 aliphatic rings. The highest BCUT2D eigenvalue weighted by Crippen LogP contribution is 2.28. The number of methoxy groups -OCH3 is 1. The van der Waals surface area contributed by atoms with Crippen molar-refractivity contribution in [2.45, 2.75) is 13.3 Å². The lowest BCUT2D eigenvalue weighted by Gasteiger charge is -2.14. The molecule has 0 radical (unpaired) electrons. The average Bonchev–Trinajstić information content (AvgIpc) is 2.41. The van der Waals surface area contributed by atoms with Gasteiger partial charge in [-0.2, -0.15) is 0 Å². The molecule has 5 nitrogen and oxygen atoms in total. The molecule has 0 amide bonds. The van der Waals surface area contributed by atoms with Crippen LogP contribution in [0.15, 0.2) is 23.0 Å². The number of benzene rings is 1. The van der Waals surface area contributed by atoms with Gasteiger partial charge in [0.15, 0.2) is 0 Å². The fraction of sp³-hybridized carbons (Fsp3) is 0.286. The largest absolute Gasteiger partial charge is 0.495 e. The second-order valence-electron chi connectivity index (χ2n) is 4.23. The van der Waals surface area contributed by atoms with E-state index in [1.54, 1.807) is 19.2 Å². The van der Waals surface area contributed by atoms with Crippen molar-refractivity contribution < 1.29 is 14.6 Å². The van der Waals surface area contributed by atoms with Crippen LogP contribution in [0.2, 0.25) is 0 Å². The fourth-order valence-electron chi connectivity index (χ4n) is 2.40. The quantitative estimate of drug-likeness (QED) is 0.914. The van der Waals surface area contributed by atoms with Gasteiger partial charge in [0.2, 0.25) is 0 Å². The Morgan fingerprint density at radius 1 is 1.42 bits per heavy atom. The summed E-state index contributed by atoms with van der Waals surface area (Å²) in [4.78, 5) is 23.5. The van der Waals surface area contributed by atoms with E-state index < -0.39 is 11.5 Å². The molecule has 1 N–H and O–H groups in total. The Labute approximate surface area is 110 Å². The number of aromatic nitrogens is 1. The molecule has 19 heavy (non-hydrogen) atoms. The molecule has 100 valence electrons. The van der Waals surface area contributed by atoms with Gasteiger partial charge in [-0.25, -0.2) is 4.79 Å². The summed E-state index contributed by atoms with van der Waals surface area (Å²) in [6.45, 7) is 1.83. The Hall–Kier alpha value is -2.30. The second kappa shape index (κ2) is 4.76. The first kappa shape index (κ1) is 13.1. The maximum absolute atomic E-state index is 12.2. The summed E-state index contributed by atoms with van der Waals surface area (Å²) in [5.41, 5.74) is 0.494. The van der Waals surface area contributed by atoms with E-state index >= 15 is 0 Å². The van der Waals surface area contributed by atoms with Gasteiger partial charge in [0.1, 0.15) is 11.3 Å². The van der Waals surface area contributed by atoms with Crippen LogP contribution in [0.1, 0.15) is 22.8 Å². The number of carboxylic acid groups (broad SMARTS) is 1. The average molecular weight is 261 g/mol. The Kier molecular flexibility index (Phi) is 3.29. The maximum atomic E-state index is 12.2. The third-order valence-electron chi connectivity index (χ3n) is 3.27. The molecule has 0 bridgehead atoms. The second-order valence-corrected chi connectivity index (χ2v) is 4.23. The third kappa shape index (κ3) is 1.87. The number of hydrogen-bond acceptors (Lipinski definition) is 3. The van der Waals surface area contributed by atoms with Gasteiger partial charge in [-0.1, -0.05) is 19.1 Å². The van der Waals surface area contributed by atoms with Gasteiger partial charge in [-0.15, -0.1) is 0 Å². The monoisotopic (exact) mass is 261 g/mol. The van der Waals surface area contributed by atoms with Crippen LogP contribution in [0.3, 0.4) is 0 Å². The molecular formula is C14H15NO4. The molecule has 0 saturated heterocycles. The van der Waals surface area contributed by atoms with E-state index in [0.29, 0.717) is 23.3 Å². The first-order chi connectivity index (χ1) is 9.02. The van der Waals surface area contributed by atoms with E-state index in [4.69, 9.17) is 4.74 Å². The van der Waals surface area contributed by atoms with E-state index in [1.165, 1.54) is 11.7 Å². The molecule has 0 fully saturated rings. The highest BCUT2D eigenvalue weighted by Gasteiger charge is 2.20. The molecule has 2 aromatic rings. The summed E-state index contributed by atoms with van der Waals surface area (Å²) in [5.74, 6) is -0.633. The van der Waals surface area contributed by atoms with Crippen LogP contribution < -0.4 is 10.3 Å². The molecule has 1 heterocycles. The summed E-state index contributed by atoms with van der Waals surface area (Å²) in [7, 11) is 3.08. The Morgan fingerprint density at radius 3 is 2.63 bits per heavy atom. The maximum Gasteiger partial charge on any atom is 0.341 e. The lowest BCUT2D eigenvalue weighted by atomic mass is 10.0. The number of carbonyl (C=O) groups is 1.